The fraction of sp³-hybridized carbons (Fsp3) is 0.476. The lowest BCUT2D eigenvalue weighted by atomic mass is 9.93. The topological polar surface area (TPSA) is 68.2 Å². The summed E-state index contributed by atoms with van der Waals surface area (Å²) in [6, 6.07) is 6.08. The smallest absolute Gasteiger partial charge is 0.306 e. The lowest BCUT2D eigenvalue weighted by Gasteiger charge is -2.37. The van der Waals surface area contributed by atoms with Gasteiger partial charge in [-0.05, 0) is 62.0 Å². The standard InChI is InChI=1S/C21H27NO5S/c1-13-11-17(28-12-13)18(22-9-7-14(8-10-22)21(23)24)15-5-6-16(25-2)20(27-4)19(15)26-3/h5-6,11-12,14,18H,7-10H2,1-4H3,(H,23,24). The highest BCUT2D eigenvalue weighted by Gasteiger charge is 2.33. The maximum atomic E-state index is 11.4. The summed E-state index contributed by atoms with van der Waals surface area (Å²) in [5.74, 6) is 0.870. The molecule has 0 radical (unpaired) electrons. The van der Waals surface area contributed by atoms with Crippen molar-refractivity contribution in [3.05, 3.63) is 39.6 Å². The van der Waals surface area contributed by atoms with Crippen molar-refractivity contribution in [2.24, 2.45) is 5.92 Å². The molecule has 0 saturated carbocycles. The highest BCUT2D eigenvalue weighted by Crippen LogP contribution is 2.46. The molecule has 3 rings (SSSR count). The highest BCUT2D eigenvalue weighted by atomic mass is 32.1. The second kappa shape index (κ2) is 8.84. The van der Waals surface area contributed by atoms with E-state index in [2.05, 4.69) is 23.3 Å². The van der Waals surface area contributed by atoms with Crippen LogP contribution in [0.1, 0.15) is 34.9 Å². The van der Waals surface area contributed by atoms with E-state index in [1.54, 1.807) is 32.7 Å². The van der Waals surface area contributed by atoms with E-state index in [9.17, 15) is 9.90 Å². The third-order valence-electron chi connectivity index (χ3n) is 5.29. The highest BCUT2D eigenvalue weighted by molar-refractivity contribution is 7.10. The maximum Gasteiger partial charge on any atom is 0.306 e. The second-order valence-corrected chi connectivity index (χ2v) is 7.94. The van der Waals surface area contributed by atoms with E-state index in [0.717, 1.165) is 18.7 Å². The Morgan fingerprint density at radius 3 is 2.32 bits per heavy atom. The van der Waals surface area contributed by atoms with Crippen molar-refractivity contribution >= 4 is 17.3 Å². The molecule has 0 amide bonds. The van der Waals surface area contributed by atoms with Gasteiger partial charge in [0.05, 0.1) is 33.3 Å². The third kappa shape index (κ3) is 3.95. The second-order valence-electron chi connectivity index (χ2n) is 7.00. The summed E-state index contributed by atoms with van der Waals surface area (Å²) in [4.78, 5) is 14.9. The Hall–Kier alpha value is -2.25. The van der Waals surface area contributed by atoms with Gasteiger partial charge in [-0.3, -0.25) is 9.69 Å². The molecule has 0 bridgehead atoms. The Bertz CT molecular complexity index is 826. The van der Waals surface area contributed by atoms with Crippen LogP contribution < -0.4 is 14.2 Å². The molecule has 2 aromatic rings. The molecule has 1 N–H and O–H groups in total. The fourth-order valence-corrected chi connectivity index (χ4v) is 4.92. The molecular formula is C21H27NO5S. The number of methoxy groups -OCH3 is 3. The van der Waals surface area contributed by atoms with E-state index in [4.69, 9.17) is 14.2 Å². The van der Waals surface area contributed by atoms with Crippen LogP contribution in [-0.4, -0.2) is 50.4 Å². The molecule has 7 heteroatoms. The van der Waals surface area contributed by atoms with Crippen LogP contribution in [0, 0.1) is 12.8 Å². The lowest BCUT2D eigenvalue weighted by molar-refractivity contribution is -0.143. The number of nitrogens with zero attached hydrogens (tertiary/aromatic N) is 1. The van der Waals surface area contributed by atoms with Gasteiger partial charge in [0.2, 0.25) is 5.75 Å². The monoisotopic (exact) mass is 405 g/mol. The van der Waals surface area contributed by atoms with Gasteiger partial charge in [0.15, 0.2) is 11.5 Å². The number of rotatable bonds is 7. The number of aliphatic carboxylic acids is 1. The number of piperidine rings is 1. The van der Waals surface area contributed by atoms with Crippen molar-refractivity contribution in [3.63, 3.8) is 0 Å². The Morgan fingerprint density at radius 2 is 1.82 bits per heavy atom. The SMILES string of the molecule is COc1ccc(C(c2cc(C)cs2)N2CCC(C(=O)O)CC2)c(OC)c1OC. The van der Waals surface area contributed by atoms with Crippen LogP contribution in [0.15, 0.2) is 23.6 Å². The molecule has 1 unspecified atom stereocenters. The lowest BCUT2D eigenvalue weighted by Crippen LogP contribution is -2.39. The predicted molar refractivity (Wildman–Crippen MR) is 109 cm³/mol. The van der Waals surface area contributed by atoms with Crippen molar-refractivity contribution in [1.29, 1.82) is 0 Å². The van der Waals surface area contributed by atoms with Gasteiger partial charge in [-0.15, -0.1) is 11.3 Å². The quantitative estimate of drug-likeness (QED) is 0.752. The Kier molecular flexibility index (Phi) is 6.46. The molecule has 2 heterocycles. The zero-order chi connectivity index (χ0) is 20.3. The minimum absolute atomic E-state index is 0.0248. The average Bonchev–Trinajstić information content (AvgIpc) is 3.13. The Morgan fingerprint density at radius 1 is 1.14 bits per heavy atom. The molecule has 6 nitrogen and oxygen atoms in total. The third-order valence-corrected chi connectivity index (χ3v) is 6.40. The number of carboxylic acids is 1. The summed E-state index contributed by atoms with van der Waals surface area (Å²) < 4.78 is 16.8. The molecule has 28 heavy (non-hydrogen) atoms. The number of benzene rings is 1. The van der Waals surface area contributed by atoms with Crippen LogP contribution in [0.4, 0.5) is 0 Å². The molecule has 1 aliphatic rings. The minimum atomic E-state index is -0.702. The Labute approximate surface area is 169 Å². The molecule has 1 aromatic carbocycles. The molecular weight excluding hydrogens is 378 g/mol. The van der Waals surface area contributed by atoms with Gasteiger partial charge in [-0.25, -0.2) is 0 Å². The van der Waals surface area contributed by atoms with E-state index in [1.165, 1.54) is 10.4 Å². The average molecular weight is 406 g/mol. The first kappa shape index (κ1) is 20.5. The van der Waals surface area contributed by atoms with Crippen LogP contribution in [0.5, 0.6) is 17.2 Å². The molecule has 1 aromatic heterocycles. The normalized spacial score (nSPS) is 16.6. The van der Waals surface area contributed by atoms with E-state index >= 15 is 0 Å². The van der Waals surface area contributed by atoms with Gasteiger partial charge in [-0.1, -0.05) is 0 Å². The summed E-state index contributed by atoms with van der Waals surface area (Å²) in [6.07, 6.45) is 1.29. The molecule has 0 spiro atoms. The summed E-state index contributed by atoms with van der Waals surface area (Å²) in [5, 5.41) is 11.5. The van der Waals surface area contributed by atoms with Gasteiger partial charge in [-0.2, -0.15) is 0 Å². The van der Waals surface area contributed by atoms with E-state index in [-0.39, 0.29) is 12.0 Å². The summed E-state index contributed by atoms with van der Waals surface area (Å²) in [5.41, 5.74) is 2.21. The van der Waals surface area contributed by atoms with Crippen molar-refractivity contribution in [3.8, 4) is 17.2 Å². The number of carboxylic acid groups (broad SMARTS) is 1. The summed E-state index contributed by atoms with van der Waals surface area (Å²) in [7, 11) is 4.84. The van der Waals surface area contributed by atoms with E-state index in [1.807, 2.05) is 12.1 Å². The minimum Gasteiger partial charge on any atom is -0.493 e. The molecule has 1 fully saturated rings. The van der Waals surface area contributed by atoms with Crippen LogP contribution in [0.25, 0.3) is 0 Å². The number of carbonyl (C=O) groups is 1. The van der Waals surface area contributed by atoms with Gasteiger partial charge >= 0.3 is 5.97 Å². The summed E-state index contributed by atoms with van der Waals surface area (Å²) >= 11 is 1.71. The maximum absolute atomic E-state index is 11.4. The van der Waals surface area contributed by atoms with Crippen LogP contribution >= 0.6 is 11.3 Å². The number of hydrogen-bond acceptors (Lipinski definition) is 6. The first-order valence-corrected chi connectivity index (χ1v) is 10.2. The zero-order valence-corrected chi connectivity index (χ0v) is 17.5. The van der Waals surface area contributed by atoms with Gasteiger partial charge in [0, 0.05) is 10.4 Å². The first-order valence-electron chi connectivity index (χ1n) is 9.30. The van der Waals surface area contributed by atoms with Crippen LogP contribution in [-0.2, 0) is 4.79 Å². The number of thiophene rings is 1. The number of aryl methyl sites for hydroxylation is 1. The molecule has 0 aliphatic carbocycles. The van der Waals surface area contributed by atoms with Crippen LogP contribution in [0.2, 0.25) is 0 Å². The fourth-order valence-electron chi connectivity index (χ4n) is 3.87. The van der Waals surface area contributed by atoms with Crippen molar-refractivity contribution in [2.75, 3.05) is 34.4 Å². The molecule has 1 atom stereocenters. The van der Waals surface area contributed by atoms with Gasteiger partial charge in [0.1, 0.15) is 0 Å². The number of hydrogen-bond donors (Lipinski definition) is 1. The zero-order valence-electron chi connectivity index (χ0n) is 16.7. The predicted octanol–water partition coefficient (Wildman–Crippen LogP) is 3.97. The van der Waals surface area contributed by atoms with E-state index < -0.39 is 5.97 Å². The van der Waals surface area contributed by atoms with Crippen molar-refractivity contribution in [1.82, 2.24) is 4.90 Å². The van der Waals surface area contributed by atoms with Gasteiger partial charge < -0.3 is 19.3 Å². The van der Waals surface area contributed by atoms with Crippen molar-refractivity contribution in [2.45, 2.75) is 25.8 Å². The molecule has 152 valence electrons. The van der Waals surface area contributed by atoms with Gasteiger partial charge in [0.25, 0.3) is 0 Å². The number of ether oxygens (including phenoxy) is 3. The summed E-state index contributed by atoms with van der Waals surface area (Å²) in [6.45, 7) is 3.52. The largest absolute Gasteiger partial charge is 0.493 e. The first-order chi connectivity index (χ1) is 13.5. The molecule has 1 saturated heterocycles. The number of likely N-dealkylation sites (tertiary alicyclic amines) is 1. The molecule has 1 aliphatic heterocycles. The van der Waals surface area contributed by atoms with E-state index in [0.29, 0.717) is 30.1 Å². The Balaban J connectivity index is 2.05. The van der Waals surface area contributed by atoms with Crippen molar-refractivity contribution < 1.29 is 24.1 Å². The van der Waals surface area contributed by atoms with Crippen LogP contribution in [0.3, 0.4) is 0 Å².